The van der Waals surface area contributed by atoms with E-state index in [0.29, 0.717) is 0 Å². The van der Waals surface area contributed by atoms with E-state index >= 15 is 0 Å². The van der Waals surface area contributed by atoms with Gasteiger partial charge in [-0.1, -0.05) is 178 Å². The van der Waals surface area contributed by atoms with Gasteiger partial charge in [-0.15, -0.1) is 0 Å². The minimum atomic E-state index is -0.0962. The third kappa shape index (κ3) is 5.79. The van der Waals surface area contributed by atoms with Gasteiger partial charge in [0.25, 0.3) is 0 Å². The molecule has 0 spiro atoms. The summed E-state index contributed by atoms with van der Waals surface area (Å²) in [5.74, 6) is 0. The summed E-state index contributed by atoms with van der Waals surface area (Å²) in [5, 5.41) is 3.78. The van der Waals surface area contributed by atoms with E-state index in [4.69, 9.17) is 0 Å². The first kappa shape index (κ1) is 35.7. The SMILES string of the molecule is Cn1c(-c2ccccc2)c(-c2ccccc2)c2c3ccc(-c4ccc(N(c5ccc(-c6ccccc6)cc5)c5ccc6c(c5)C(C)(C)c5ccccc5-6)cc4)cc3ccc21. The lowest BCUT2D eigenvalue weighted by Crippen LogP contribution is -2.16. The summed E-state index contributed by atoms with van der Waals surface area (Å²) in [6, 6.07) is 77.8. The first-order valence-corrected chi connectivity index (χ1v) is 20.9. The summed E-state index contributed by atoms with van der Waals surface area (Å²) < 4.78 is 2.36. The second-order valence-corrected chi connectivity index (χ2v) is 16.6. The summed E-state index contributed by atoms with van der Waals surface area (Å²) in [6.45, 7) is 4.71. The Morgan fingerprint density at radius 2 is 0.917 bits per heavy atom. The van der Waals surface area contributed by atoms with Crippen LogP contribution in [0.4, 0.5) is 17.1 Å². The molecule has 0 N–H and O–H groups in total. The van der Waals surface area contributed by atoms with Crippen LogP contribution in [0.3, 0.4) is 0 Å². The second-order valence-electron chi connectivity index (χ2n) is 16.6. The molecule has 1 aliphatic carbocycles. The predicted octanol–water partition coefficient (Wildman–Crippen LogP) is 15.8. The third-order valence-electron chi connectivity index (χ3n) is 12.8. The van der Waals surface area contributed by atoms with Crippen molar-refractivity contribution in [2.24, 2.45) is 7.05 Å². The van der Waals surface area contributed by atoms with Gasteiger partial charge in [-0.25, -0.2) is 0 Å². The van der Waals surface area contributed by atoms with Gasteiger partial charge in [0.2, 0.25) is 0 Å². The van der Waals surface area contributed by atoms with Crippen molar-refractivity contribution < 1.29 is 0 Å². The van der Waals surface area contributed by atoms with Crippen LogP contribution < -0.4 is 4.90 Å². The van der Waals surface area contributed by atoms with Crippen molar-refractivity contribution in [2.45, 2.75) is 19.3 Å². The molecule has 1 heterocycles. The molecule has 286 valence electrons. The summed E-state index contributed by atoms with van der Waals surface area (Å²) in [5.41, 5.74) is 19.7. The fraction of sp³-hybridized carbons (Fsp3) is 0.0690. The van der Waals surface area contributed by atoms with E-state index in [1.54, 1.807) is 0 Å². The van der Waals surface area contributed by atoms with Crippen LogP contribution in [-0.4, -0.2) is 4.57 Å². The van der Waals surface area contributed by atoms with Gasteiger partial charge in [0, 0.05) is 46.0 Å². The zero-order valence-corrected chi connectivity index (χ0v) is 34.1. The van der Waals surface area contributed by atoms with Crippen molar-refractivity contribution >= 4 is 38.7 Å². The maximum Gasteiger partial charge on any atom is 0.0568 e. The molecule has 0 saturated carbocycles. The average molecular weight is 769 g/mol. The number of anilines is 3. The van der Waals surface area contributed by atoms with Crippen molar-refractivity contribution in [1.29, 1.82) is 0 Å². The molecule has 0 bridgehead atoms. The third-order valence-corrected chi connectivity index (χ3v) is 12.8. The van der Waals surface area contributed by atoms with Crippen molar-refractivity contribution in [3.63, 3.8) is 0 Å². The number of benzene rings is 9. The summed E-state index contributed by atoms with van der Waals surface area (Å²) >= 11 is 0. The van der Waals surface area contributed by atoms with Gasteiger partial charge in [0.1, 0.15) is 0 Å². The molecule has 1 aromatic heterocycles. The lowest BCUT2D eigenvalue weighted by molar-refractivity contribution is 0.660. The van der Waals surface area contributed by atoms with Crippen LogP contribution in [0.2, 0.25) is 0 Å². The number of aryl methyl sites for hydroxylation is 1. The molecule has 11 rings (SSSR count). The first-order chi connectivity index (χ1) is 29.4. The molecule has 0 amide bonds. The normalized spacial score (nSPS) is 12.7. The van der Waals surface area contributed by atoms with E-state index in [1.165, 1.54) is 88.6 Å². The van der Waals surface area contributed by atoms with Crippen molar-refractivity contribution in [2.75, 3.05) is 4.90 Å². The number of fused-ring (bicyclic) bond motifs is 6. The number of hydrogen-bond acceptors (Lipinski definition) is 1. The van der Waals surface area contributed by atoms with E-state index in [1.807, 2.05) is 0 Å². The molecule has 9 aromatic carbocycles. The van der Waals surface area contributed by atoms with Gasteiger partial charge in [-0.3, -0.25) is 0 Å². The molecular formula is C58H44N2. The highest BCUT2D eigenvalue weighted by Gasteiger charge is 2.35. The van der Waals surface area contributed by atoms with Crippen molar-refractivity contribution in [3.05, 3.63) is 223 Å². The molecule has 60 heavy (non-hydrogen) atoms. The smallest absolute Gasteiger partial charge is 0.0568 e. The highest BCUT2D eigenvalue weighted by molar-refractivity contribution is 6.18. The molecule has 2 nitrogen and oxygen atoms in total. The van der Waals surface area contributed by atoms with Crippen molar-refractivity contribution in [3.8, 4) is 55.8 Å². The monoisotopic (exact) mass is 768 g/mol. The Morgan fingerprint density at radius 3 is 1.58 bits per heavy atom. The van der Waals surface area contributed by atoms with Crippen LogP contribution in [0.15, 0.2) is 212 Å². The zero-order valence-electron chi connectivity index (χ0n) is 34.1. The molecule has 0 radical (unpaired) electrons. The van der Waals surface area contributed by atoms with Crippen LogP contribution in [0, 0.1) is 0 Å². The van der Waals surface area contributed by atoms with Crippen LogP contribution in [0.1, 0.15) is 25.0 Å². The van der Waals surface area contributed by atoms with E-state index in [9.17, 15) is 0 Å². The van der Waals surface area contributed by atoms with Crippen LogP contribution in [0.5, 0.6) is 0 Å². The van der Waals surface area contributed by atoms with E-state index < -0.39 is 0 Å². The Kier molecular flexibility index (Phi) is 8.42. The minimum absolute atomic E-state index is 0.0962. The van der Waals surface area contributed by atoms with Crippen LogP contribution >= 0.6 is 0 Å². The van der Waals surface area contributed by atoms with Gasteiger partial charge < -0.3 is 9.47 Å². The number of aromatic nitrogens is 1. The van der Waals surface area contributed by atoms with Gasteiger partial charge in [0.15, 0.2) is 0 Å². The molecular weight excluding hydrogens is 725 g/mol. The fourth-order valence-electron chi connectivity index (χ4n) is 9.78. The maximum absolute atomic E-state index is 2.41. The fourth-order valence-corrected chi connectivity index (χ4v) is 9.78. The molecule has 0 fully saturated rings. The number of rotatable bonds is 7. The van der Waals surface area contributed by atoms with Crippen LogP contribution in [-0.2, 0) is 12.5 Å². The Balaban J connectivity index is 1.00. The first-order valence-electron chi connectivity index (χ1n) is 20.9. The van der Waals surface area contributed by atoms with Gasteiger partial charge >= 0.3 is 0 Å². The quantitative estimate of drug-likeness (QED) is 0.157. The standard InChI is InChI=1S/C58H44N2/c1-58(2)52-22-14-13-21-50(52)51-35-33-48(38-53(51)58)60(46-29-23-40(24-30-46)39-15-7-4-8-16-39)47-31-25-41(26-32-47)44-27-34-49-45(37-44)28-36-54-56(49)55(42-17-9-5-10-18-42)57(59(54)3)43-19-11-6-12-20-43/h4-38H,1-3H3. The largest absolute Gasteiger partial charge is 0.343 e. The van der Waals surface area contributed by atoms with Crippen LogP contribution in [0.25, 0.3) is 77.4 Å². The number of nitrogens with zero attached hydrogens (tertiary/aromatic N) is 2. The molecule has 0 aliphatic heterocycles. The Morgan fingerprint density at radius 1 is 0.400 bits per heavy atom. The number of hydrogen-bond donors (Lipinski definition) is 0. The highest BCUT2D eigenvalue weighted by Crippen LogP contribution is 2.51. The maximum atomic E-state index is 2.41. The molecule has 1 aliphatic rings. The topological polar surface area (TPSA) is 8.17 Å². The zero-order chi connectivity index (χ0) is 40.4. The molecule has 0 unspecified atom stereocenters. The lowest BCUT2D eigenvalue weighted by Gasteiger charge is -2.28. The molecule has 10 aromatic rings. The summed E-state index contributed by atoms with van der Waals surface area (Å²) in [7, 11) is 2.20. The van der Waals surface area contributed by atoms with Gasteiger partial charge in [-0.05, 0) is 115 Å². The van der Waals surface area contributed by atoms with Gasteiger partial charge in [0.05, 0.1) is 5.69 Å². The van der Waals surface area contributed by atoms with E-state index in [-0.39, 0.29) is 5.41 Å². The molecule has 2 heteroatoms. The van der Waals surface area contributed by atoms with E-state index in [0.717, 1.165) is 17.1 Å². The average Bonchev–Trinajstić information content (AvgIpc) is 3.74. The minimum Gasteiger partial charge on any atom is -0.343 e. The Hall–Kier alpha value is -7.42. The van der Waals surface area contributed by atoms with Crippen molar-refractivity contribution in [1.82, 2.24) is 4.57 Å². The summed E-state index contributed by atoms with van der Waals surface area (Å²) in [4.78, 5) is 2.40. The van der Waals surface area contributed by atoms with Gasteiger partial charge in [-0.2, -0.15) is 0 Å². The van der Waals surface area contributed by atoms with E-state index in [2.05, 4.69) is 243 Å². The Labute approximate surface area is 352 Å². The predicted molar refractivity (Wildman–Crippen MR) is 254 cm³/mol. The summed E-state index contributed by atoms with van der Waals surface area (Å²) in [6.07, 6.45) is 0. The second kappa shape index (κ2) is 14.1. The Bertz CT molecular complexity index is 3190. The highest BCUT2D eigenvalue weighted by atomic mass is 15.1. The lowest BCUT2D eigenvalue weighted by atomic mass is 9.82. The molecule has 0 atom stereocenters. The molecule has 0 saturated heterocycles.